The molecule has 24 heavy (non-hydrogen) atoms. The number of nitriles is 1. The van der Waals surface area contributed by atoms with Gasteiger partial charge in [0.05, 0.1) is 29.4 Å². The average molecular weight is 322 g/mol. The maximum absolute atomic E-state index is 12.2. The summed E-state index contributed by atoms with van der Waals surface area (Å²) in [7, 11) is 0. The summed E-state index contributed by atoms with van der Waals surface area (Å²) in [6.07, 6.45) is 0. The van der Waals surface area contributed by atoms with Gasteiger partial charge in [0, 0.05) is 5.56 Å². The summed E-state index contributed by atoms with van der Waals surface area (Å²) < 4.78 is 5.49. The van der Waals surface area contributed by atoms with E-state index in [4.69, 9.17) is 14.8 Å². The molecule has 0 bridgehead atoms. The lowest BCUT2D eigenvalue weighted by Gasteiger charge is -2.15. The van der Waals surface area contributed by atoms with Crippen molar-refractivity contribution in [2.24, 2.45) is 0 Å². The molecule has 0 N–H and O–H groups in total. The van der Waals surface area contributed by atoms with Crippen LogP contribution in [-0.2, 0) is 11.4 Å². The molecular weight excluding hydrogens is 308 g/mol. The zero-order chi connectivity index (χ0) is 17.1. The third-order valence-corrected chi connectivity index (χ3v) is 3.60. The second-order valence-electron chi connectivity index (χ2n) is 5.09. The van der Waals surface area contributed by atoms with Gasteiger partial charge >= 0.3 is 0 Å². The first-order valence-corrected chi connectivity index (χ1v) is 7.42. The highest BCUT2D eigenvalue weighted by atomic mass is 16.7. The minimum Gasteiger partial charge on any atom is -0.493 e. The van der Waals surface area contributed by atoms with Crippen LogP contribution in [0.2, 0.25) is 0 Å². The van der Waals surface area contributed by atoms with Crippen LogP contribution < -0.4 is 4.74 Å². The van der Waals surface area contributed by atoms with Gasteiger partial charge < -0.3 is 4.74 Å². The highest BCUT2D eigenvalue weighted by molar-refractivity contribution is 6.20. The summed E-state index contributed by atoms with van der Waals surface area (Å²) >= 11 is 0. The van der Waals surface area contributed by atoms with Crippen LogP contribution in [0.15, 0.2) is 42.5 Å². The van der Waals surface area contributed by atoms with E-state index < -0.39 is 11.8 Å². The molecule has 0 spiro atoms. The standard InChI is InChI=1S/C18H14N2O4/c1-2-23-16-9-12(10-19)7-8-13(16)11-24-20-17(21)14-5-3-4-6-15(14)18(20)22/h3-9H,2,11H2,1H3. The van der Waals surface area contributed by atoms with Crippen molar-refractivity contribution in [3.63, 3.8) is 0 Å². The molecule has 1 aliphatic rings. The Morgan fingerprint density at radius 2 is 1.75 bits per heavy atom. The van der Waals surface area contributed by atoms with Crippen molar-refractivity contribution in [1.82, 2.24) is 5.06 Å². The Balaban J connectivity index is 1.79. The predicted octanol–water partition coefficient (Wildman–Crippen LogP) is 2.68. The Labute approximate surface area is 138 Å². The molecule has 2 aromatic rings. The fourth-order valence-electron chi connectivity index (χ4n) is 2.45. The van der Waals surface area contributed by atoms with Crippen LogP contribution in [0.4, 0.5) is 0 Å². The molecule has 0 atom stereocenters. The first kappa shape index (κ1) is 15.7. The molecule has 1 heterocycles. The van der Waals surface area contributed by atoms with Crippen LogP contribution in [0.1, 0.15) is 38.8 Å². The summed E-state index contributed by atoms with van der Waals surface area (Å²) in [6, 6.07) is 13.5. The predicted molar refractivity (Wildman–Crippen MR) is 84.1 cm³/mol. The second-order valence-corrected chi connectivity index (χ2v) is 5.09. The molecule has 2 aromatic carbocycles. The Morgan fingerprint density at radius 3 is 2.33 bits per heavy atom. The number of hydroxylamine groups is 2. The molecule has 0 aliphatic carbocycles. The normalized spacial score (nSPS) is 12.9. The van der Waals surface area contributed by atoms with Crippen molar-refractivity contribution in [2.75, 3.05) is 6.61 Å². The van der Waals surface area contributed by atoms with Gasteiger partial charge in [0.1, 0.15) is 12.4 Å². The van der Waals surface area contributed by atoms with Crippen LogP contribution in [-0.4, -0.2) is 23.5 Å². The van der Waals surface area contributed by atoms with Crippen LogP contribution >= 0.6 is 0 Å². The summed E-state index contributed by atoms with van der Waals surface area (Å²) in [6.45, 7) is 2.23. The number of ether oxygens (including phenoxy) is 1. The quantitative estimate of drug-likeness (QED) is 0.791. The van der Waals surface area contributed by atoms with E-state index in [1.165, 1.54) is 0 Å². The van der Waals surface area contributed by atoms with E-state index in [1.807, 2.05) is 13.0 Å². The van der Waals surface area contributed by atoms with Crippen LogP contribution in [0.5, 0.6) is 5.75 Å². The zero-order valence-electron chi connectivity index (χ0n) is 13.0. The lowest BCUT2D eigenvalue weighted by molar-refractivity contribution is -0.101. The monoisotopic (exact) mass is 322 g/mol. The molecule has 1 aliphatic heterocycles. The first-order valence-electron chi connectivity index (χ1n) is 7.42. The minimum absolute atomic E-state index is 0.0213. The van der Waals surface area contributed by atoms with E-state index in [0.717, 1.165) is 5.06 Å². The number of imide groups is 1. The van der Waals surface area contributed by atoms with Gasteiger partial charge in [0.25, 0.3) is 11.8 Å². The van der Waals surface area contributed by atoms with Gasteiger partial charge in [-0.25, -0.2) is 0 Å². The highest BCUT2D eigenvalue weighted by Crippen LogP contribution is 2.26. The third-order valence-electron chi connectivity index (χ3n) is 3.60. The minimum atomic E-state index is -0.484. The third kappa shape index (κ3) is 2.73. The molecule has 0 fully saturated rings. The molecule has 0 aromatic heterocycles. The fraction of sp³-hybridized carbons (Fsp3) is 0.167. The van der Waals surface area contributed by atoms with Crippen LogP contribution in [0.25, 0.3) is 0 Å². The maximum atomic E-state index is 12.2. The van der Waals surface area contributed by atoms with Crippen molar-refractivity contribution in [1.29, 1.82) is 5.26 Å². The number of carbonyl (C=O) groups excluding carboxylic acids is 2. The van der Waals surface area contributed by atoms with E-state index in [9.17, 15) is 9.59 Å². The smallest absolute Gasteiger partial charge is 0.285 e. The Bertz CT molecular complexity index is 819. The number of rotatable bonds is 5. The number of benzene rings is 2. The van der Waals surface area contributed by atoms with Crippen LogP contribution in [0, 0.1) is 11.3 Å². The zero-order valence-corrected chi connectivity index (χ0v) is 13.0. The molecule has 6 nitrogen and oxygen atoms in total. The lowest BCUT2D eigenvalue weighted by atomic mass is 10.1. The Hall–Kier alpha value is -3.17. The molecule has 6 heteroatoms. The molecule has 0 saturated carbocycles. The molecule has 120 valence electrons. The van der Waals surface area contributed by atoms with Gasteiger partial charge in [-0.2, -0.15) is 5.26 Å². The van der Waals surface area contributed by atoms with Gasteiger partial charge in [0.15, 0.2) is 0 Å². The SMILES string of the molecule is CCOc1cc(C#N)ccc1CON1C(=O)c2ccccc2C1=O. The second kappa shape index (κ2) is 6.52. The van der Waals surface area contributed by atoms with E-state index in [1.54, 1.807) is 42.5 Å². The summed E-state index contributed by atoms with van der Waals surface area (Å²) in [5.74, 6) is -0.474. The molecular formula is C18H14N2O4. The Morgan fingerprint density at radius 1 is 1.08 bits per heavy atom. The van der Waals surface area contributed by atoms with Gasteiger partial charge in [-0.3, -0.25) is 14.4 Å². The van der Waals surface area contributed by atoms with Gasteiger partial charge in [0.2, 0.25) is 0 Å². The van der Waals surface area contributed by atoms with Crippen molar-refractivity contribution in [2.45, 2.75) is 13.5 Å². The van der Waals surface area contributed by atoms with Crippen LogP contribution in [0.3, 0.4) is 0 Å². The topological polar surface area (TPSA) is 79.6 Å². The average Bonchev–Trinajstić information content (AvgIpc) is 2.85. The van der Waals surface area contributed by atoms with Gasteiger partial charge in [-0.05, 0) is 31.2 Å². The Kier molecular flexibility index (Phi) is 4.27. The highest BCUT2D eigenvalue weighted by Gasteiger charge is 2.36. The van der Waals surface area contributed by atoms with E-state index in [-0.39, 0.29) is 6.61 Å². The number of amides is 2. The van der Waals surface area contributed by atoms with Gasteiger partial charge in [-0.15, -0.1) is 5.06 Å². The number of carbonyl (C=O) groups is 2. The van der Waals surface area contributed by atoms with Crippen molar-refractivity contribution in [3.05, 3.63) is 64.7 Å². The number of hydrogen-bond donors (Lipinski definition) is 0. The summed E-state index contributed by atoms with van der Waals surface area (Å²) in [4.78, 5) is 29.9. The summed E-state index contributed by atoms with van der Waals surface area (Å²) in [5.41, 5.74) is 1.76. The summed E-state index contributed by atoms with van der Waals surface area (Å²) in [5, 5.41) is 9.72. The lowest BCUT2D eigenvalue weighted by Crippen LogP contribution is -2.29. The fourth-order valence-corrected chi connectivity index (χ4v) is 2.45. The van der Waals surface area contributed by atoms with E-state index in [0.29, 0.717) is 34.6 Å². The molecule has 3 rings (SSSR count). The van der Waals surface area contributed by atoms with E-state index >= 15 is 0 Å². The maximum Gasteiger partial charge on any atom is 0.285 e. The number of fused-ring (bicyclic) bond motifs is 1. The first-order chi connectivity index (χ1) is 11.7. The number of nitrogens with zero attached hydrogens (tertiary/aromatic N) is 2. The molecule has 0 unspecified atom stereocenters. The largest absolute Gasteiger partial charge is 0.493 e. The van der Waals surface area contributed by atoms with Crippen molar-refractivity contribution in [3.8, 4) is 11.8 Å². The molecule has 0 saturated heterocycles. The molecule has 2 amide bonds. The van der Waals surface area contributed by atoms with E-state index in [2.05, 4.69) is 0 Å². The number of hydrogen-bond acceptors (Lipinski definition) is 5. The van der Waals surface area contributed by atoms with Gasteiger partial charge in [-0.1, -0.05) is 18.2 Å². The van der Waals surface area contributed by atoms with Crippen molar-refractivity contribution >= 4 is 11.8 Å². The molecule has 0 radical (unpaired) electrons. The van der Waals surface area contributed by atoms with Crippen molar-refractivity contribution < 1.29 is 19.2 Å².